The fourth-order valence-electron chi connectivity index (χ4n) is 3.15. The smallest absolute Gasteiger partial charge is 0.167 e. The van der Waals surface area contributed by atoms with E-state index in [2.05, 4.69) is 6.58 Å². The minimum atomic E-state index is -0.551. The van der Waals surface area contributed by atoms with Crippen molar-refractivity contribution in [2.24, 2.45) is 0 Å². The summed E-state index contributed by atoms with van der Waals surface area (Å²) in [5.41, 5.74) is 2.35. The van der Waals surface area contributed by atoms with Crippen LogP contribution in [-0.2, 0) is 19.6 Å². The van der Waals surface area contributed by atoms with Crippen LogP contribution >= 0.6 is 0 Å². The second-order valence-corrected chi connectivity index (χ2v) is 6.30. The fraction of sp³-hybridized carbons (Fsp3) is 0.300. The van der Waals surface area contributed by atoms with Crippen LogP contribution in [0.3, 0.4) is 0 Å². The predicted molar refractivity (Wildman–Crippen MR) is 95.4 cm³/mol. The highest BCUT2D eigenvalue weighted by atomic mass is 16.6. The van der Waals surface area contributed by atoms with Gasteiger partial charge in [0.15, 0.2) is 29.1 Å². The molecule has 138 valence electrons. The molecule has 0 aliphatic carbocycles. The Morgan fingerprint density at radius 3 is 2.42 bits per heavy atom. The standard InChI is InChI=1S/C20H22O6/c1-3-4-12-5-15(10-22)20-17(6-12)26-19(11(2)25-20)13-7-14(9-21)18(24)16(23)8-13/h3,5-8,11,19,21-24H,1,4,9-10H2,2H3/t11-,19+/m0/s1. The highest BCUT2D eigenvalue weighted by Crippen LogP contribution is 2.44. The van der Waals surface area contributed by atoms with E-state index < -0.39 is 18.8 Å². The Labute approximate surface area is 151 Å². The normalized spacial score (nSPS) is 18.6. The number of rotatable bonds is 5. The average Bonchev–Trinajstić information content (AvgIpc) is 2.63. The molecule has 2 aromatic carbocycles. The molecule has 6 heteroatoms. The summed E-state index contributed by atoms with van der Waals surface area (Å²) in [7, 11) is 0. The molecule has 26 heavy (non-hydrogen) atoms. The van der Waals surface area contributed by atoms with Gasteiger partial charge in [0, 0.05) is 16.7 Å². The Hall–Kier alpha value is -2.70. The van der Waals surface area contributed by atoms with E-state index in [-0.39, 0.29) is 23.7 Å². The van der Waals surface area contributed by atoms with Crippen molar-refractivity contribution in [3.05, 3.63) is 59.2 Å². The zero-order valence-corrected chi connectivity index (χ0v) is 14.5. The lowest BCUT2D eigenvalue weighted by Gasteiger charge is -2.34. The number of allylic oxidation sites excluding steroid dienone is 1. The predicted octanol–water partition coefficient (Wildman–Crippen LogP) is 2.71. The van der Waals surface area contributed by atoms with Crippen molar-refractivity contribution in [2.75, 3.05) is 0 Å². The molecule has 0 saturated heterocycles. The van der Waals surface area contributed by atoms with Gasteiger partial charge in [-0.3, -0.25) is 0 Å². The quantitative estimate of drug-likeness (QED) is 0.484. The van der Waals surface area contributed by atoms with Crippen molar-refractivity contribution in [2.45, 2.75) is 38.8 Å². The van der Waals surface area contributed by atoms with Gasteiger partial charge in [0.25, 0.3) is 0 Å². The molecule has 1 aliphatic rings. The van der Waals surface area contributed by atoms with Gasteiger partial charge in [0.05, 0.1) is 13.2 Å². The highest BCUT2D eigenvalue weighted by molar-refractivity contribution is 5.53. The molecule has 0 radical (unpaired) electrons. The summed E-state index contributed by atoms with van der Waals surface area (Å²) in [6.07, 6.45) is 1.43. The van der Waals surface area contributed by atoms with Gasteiger partial charge in [-0.1, -0.05) is 6.08 Å². The van der Waals surface area contributed by atoms with Crippen molar-refractivity contribution >= 4 is 0 Å². The summed E-state index contributed by atoms with van der Waals surface area (Å²) in [6.45, 7) is 4.95. The molecule has 0 fully saturated rings. The number of hydrogen-bond donors (Lipinski definition) is 4. The van der Waals surface area contributed by atoms with E-state index in [9.17, 15) is 20.4 Å². The van der Waals surface area contributed by atoms with Crippen LogP contribution in [0, 0.1) is 0 Å². The lowest BCUT2D eigenvalue weighted by atomic mass is 9.99. The zero-order valence-electron chi connectivity index (χ0n) is 14.5. The third-order valence-corrected chi connectivity index (χ3v) is 4.42. The largest absolute Gasteiger partial charge is 0.504 e. The van der Waals surface area contributed by atoms with E-state index >= 15 is 0 Å². The molecule has 0 spiro atoms. The highest BCUT2D eigenvalue weighted by Gasteiger charge is 2.32. The molecule has 4 N–H and O–H groups in total. The van der Waals surface area contributed by atoms with Gasteiger partial charge in [-0.05, 0) is 43.2 Å². The number of aromatic hydroxyl groups is 2. The van der Waals surface area contributed by atoms with Crippen LogP contribution in [0.2, 0.25) is 0 Å². The molecule has 2 aromatic rings. The van der Waals surface area contributed by atoms with Gasteiger partial charge < -0.3 is 29.9 Å². The van der Waals surface area contributed by atoms with Gasteiger partial charge in [0.1, 0.15) is 6.10 Å². The summed E-state index contributed by atoms with van der Waals surface area (Å²) in [5.74, 6) is 0.311. The Bertz CT molecular complexity index is 830. The maximum absolute atomic E-state index is 9.92. The van der Waals surface area contributed by atoms with Crippen LogP contribution in [0.5, 0.6) is 23.0 Å². The molecule has 1 heterocycles. The Kier molecular flexibility index (Phi) is 5.06. The Balaban J connectivity index is 2.03. The summed E-state index contributed by atoms with van der Waals surface area (Å²) in [6, 6.07) is 6.66. The van der Waals surface area contributed by atoms with Crippen LogP contribution < -0.4 is 9.47 Å². The van der Waals surface area contributed by atoms with Gasteiger partial charge in [-0.2, -0.15) is 0 Å². The SMILES string of the molecule is C=CCc1cc(CO)c2c(c1)O[C@@H](c1cc(O)c(O)c(CO)c1)[C@H](C)O2. The van der Waals surface area contributed by atoms with Crippen molar-refractivity contribution < 1.29 is 29.9 Å². The molecule has 0 bridgehead atoms. The van der Waals surface area contributed by atoms with Gasteiger partial charge in [-0.25, -0.2) is 0 Å². The van der Waals surface area contributed by atoms with E-state index in [0.717, 1.165) is 5.56 Å². The zero-order chi connectivity index (χ0) is 18.8. The molecule has 0 aromatic heterocycles. The molecule has 0 unspecified atom stereocenters. The number of benzene rings is 2. The van der Waals surface area contributed by atoms with Crippen LogP contribution in [0.25, 0.3) is 0 Å². The van der Waals surface area contributed by atoms with Crippen molar-refractivity contribution in [3.8, 4) is 23.0 Å². The first-order valence-corrected chi connectivity index (χ1v) is 8.35. The Morgan fingerprint density at radius 1 is 1.04 bits per heavy atom. The van der Waals surface area contributed by atoms with Crippen LogP contribution in [0.1, 0.15) is 35.3 Å². The monoisotopic (exact) mass is 358 g/mol. The number of phenols is 2. The number of ether oxygens (including phenoxy) is 2. The van der Waals surface area contributed by atoms with E-state index in [4.69, 9.17) is 9.47 Å². The van der Waals surface area contributed by atoms with Gasteiger partial charge in [0.2, 0.25) is 0 Å². The average molecular weight is 358 g/mol. The first kappa shape index (κ1) is 18.1. The van der Waals surface area contributed by atoms with E-state index in [0.29, 0.717) is 29.0 Å². The molecular formula is C20H22O6. The minimum Gasteiger partial charge on any atom is -0.504 e. The summed E-state index contributed by atoms with van der Waals surface area (Å²) >= 11 is 0. The molecule has 0 saturated carbocycles. The van der Waals surface area contributed by atoms with Crippen molar-refractivity contribution in [1.29, 1.82) is 0 Å². The first-order valence-electron chi connectivity index (χ1n) is 8.35. The molecule has 2 atom stereocenters. The minimum absolute atomic E-state index is 0.178. The summed E-state index contributed by atoms with van der Waals surface area (Å²) in [5, 5.41) is 38.7. The molecule has 1 aliphatic heterocycles. The van der Waals surface area contributed by atoms with Gasteiger partial charge >= 0.3 is 0 Å². The number of fused-ring (bicyclic) bond motifs is 1. The van der Waals surface area contributed by atoms with Gasteiger partial charge in [-0.15, -0.1) is 6.58 Å². The lowest BCUT2D eigenvalue weighted by molar-refractivity contribution is 0.0282. The topological polar surface area (TPSA) is 99.4 Å². The van der Waals surface area contributed by atoms with Crippen LogP contribution in [0.15, 0.2) is 36.9 Å². The maximum atomic E-state index is 9.92. The second kappa shape index (κ2) is 7.27. The van der Waals surface area contributed by atoms with Crippen LogP contribution in [0.4, 0.5) is 0 Å². The van der Waals surface area contributed by atoms with Crippen molar-refractivity contribution in [1.82, 2.24) is 0 Å². The van der Waals surface area contributed by atoms with Crippen molar-refractivity contribution in [3.63, 3.8) is 0 Å². The number of phenolic OH excluding ortho intramolecular Hbond substituents is 1. The number of aliphatic hydroxyl groups excluding tert-OH is 2. The number of aliphatic hydroxyl groups is 2. The van der Waals surface area contributed by atoms with E-state index in [1.54, 1.807) is 12.1 Å². The molecule has 6 nitrogen and oxygen atoms in total. The molecule has 3 rings (SSSR count). The fourth-order valence-corrected chi connectivity index (χ4v) is 3.15. The first-order chi connectivity index (χ1) is 12.5. The second-order valence-electron chi connectivity index (χ2n) is 6.30. The number of hydrogen-bond acceptors (Lipinski definition) is 6. The lowest BCUT2D eigenvalue weighted by Crippen LogP contribution is -2.31. The van der Waals surface area contributed by atoms with E-state index in [1.165, 1.54) is 6.07 Å². The van der Waals surface area contributed by atoms with Crippen LogP contribution in [-0.4, -0.2) is 26.5 Å². The Morgan fingerprint density at radius 2 is 1.77 bits per heavy atom. The third-order valence-electron chi connectivity index (χ3n) is 4.42. The third kappa shape index (κ3) is 3.21. The van der Waals surface area contributed by atoms with E-state index in [1.807, 2.05) is 19.1 Å². The summed E-state index contributed by atoms with van der Waals surface area (Å²) in [4.78, 5) is 0. The summed E-state index contributed by atoms with van der Waals surface area (Å²) < 4.78 is 12.1. The molecular weight excluding hydrogens is 336 g/mol. The molecule has 0 amide bonds. The maximum Gasteiger partial charge on any atom is 0.167 e.